The number of carbonyl (C=O) groups is 1. The molecule has 8 heteroatoms. The van der Waals surface area contributed by atoms with Gasteiger partial charge in [0.05, 0.1) is 15.7 Å². The Morgan fingerprint density at radius 2 is 2.44 bits per heavy atom. The van der Waals surface area contributed by atoms with Gasteiger partial charge < -0.3 is 0 Å². The first-order valence-electron chi connectivity index (χ1n) is 4.44. The van der Waals surface area contributed by atoms with Gasteiger partial charge in [0.15, 0.2) is 5.13 Å². The van der Waals surface area contributed by atoms with Crippen LogP contribution in [0.25, 0.3) is 0 Å². The first-order valence-corrected chi connectivity index (χ1v) is 6.83. The average Bonchev–Trinajstić information content (AvgIpc) is 2.86. The summed E-state index contributed by atoms with van der Waals surface area (Å²) >= 11 is 5.75. The summed E-state index contributed by atoms with van der Waals surface area (Å²) in [6.45, 7) is 1.94. The van der Waals surface area contributed by atoms with Crippen LogP contribution in [0.3, 0.4) is 0 Å². The molecule has 5 nitrogen and oxygen atoms in total. The van der Waals surface area contributed by atoms with E-state index < -0.39 is 0 Å². The molecule has 0 aliphatic heterocycles. The van der Waals surface area contributed by atoms with Gasteiger partial charge in [0.25, 0.3) is 5.91 Å². The van der Waals surface area contributed by atoms with Crippen LogP contribution in [0.2, 0.25) is 0 Å². The normalized spacial score (nSPS) is 10.4. The maximum Gasteiger partial charge on any atom is 0.271 e. The minimum absolute atomic E-state index is 0.200. The van der Waals surface area contributed by atoms with Gasteiger partial charge in [-0.05, 0) is 33.9 Å². The lowest BCUT2D eigenvalue weighted by Gasteiger charge is -1.98. The second kappa shape index (κ2) is 4.98. The number of nitrogens with zero attached hydrogens (tertiary/aromatic N) is 3. The quantitative estimate of drug-likeness (QED) is 0.944. The molecule has 2 aromatic heterocycles. The summed E-state index contributed by atoms with van der Waals surface area (Å²) < 4.78 is 4.64. The molecule has 0 aliphatic rings. The van der Waals surface area contributed by atoms with E-state index in [4.69, 9.17) is 0 Å². The largest absolute Gasteiger partial charge is 0.297 e. The fourth-order valence-corrected chi connectivity index (χ4v) is 2.83. The molecule has 0 fully saturated rings. The van der Waals surface area contributed by atoms with Crippen molar-refractivity contribution in [2.45, 2.75) is 13.3 Å². The highest BCUT2D eigenvalue weighted by molar-refractivity contribution is 9.11. The Bertz CT molecular complexity index is 510. The second-order valence-electron chi connectivity index (χ2n) is 2.83. The Hall–Kier alpha value is -0.860. The Kier molecular flexibility index (Phi) is 3.62. The predicted octanol–water partition coefficient (Wildman–Crippen LogP) is 2.57. The molecule has 0 radical (unpaired) electrons. The molecule has 0 unspecified atom stereocenters. The highest BCUT2D eigenvalue weighted by Gasteiger charge is 2.16. The lowest BCUT2D eigenvalue weighted by molar-refractivity contribution is 0.102. The standard InChI is InChI=1S/C8H7BrN4OS2/c1-2-4-6(16-13-12-4)7(14)11-8-10-3-5(9)15-8/h3H,2H2,1H3,(H,10,11,14). The zero-order valence-electron chi connectivity index (χ0n) is 8.23. The van der Waals surface area contributed by atoms with E-state index in [1.54, 1.807) is 6.20 Å². The number of aromatic nitrogens is 3. The number of hydrogen-bond acceptors (Lipinski definition) is 6. The molecule has 16 heavy (non-hydrogen) atoms. The van der Waals surface area contributed by atoms with E-state index in [1.165, 1.54) is 11.3 Å². The number of amides is 1. The van der Waals surface area contributed by atoms with E-state index in [-0.39, 0.29) is 5.91 Å². The van der Waals surface area contributed by atoms with Gasteiger partial charge in [-0.25, -0.2) is 4.98 Å². The van der Waals surface area contributed by atoms with E-state index in [0.717, 1.165) is 21.0 Å². The number of hydrogen-bond donors (Lipinski definition) is 1. The highest BCUT2D eigenvalue weighted by atomic mass is 79.9. The van der Waals surface area contributed by atoms with Crippen LogP contribution in [-0.4, -0.2) is 20.5 Å². The molecule has 0 saturated heterocycles. The van der Waals surface area contributed by atoms with Crippen molar-refractivity contribution < 1.29 is 4.79 Å². The summed E-state index contributed by atoms with van der Waals surface area (Å²) in [7, 11) is 0. The molecule has 0 saturated carbocycles. The van der Waals surface area contributed by atoms with Gasteiger partial charge in [-0.1, -0.05) is 22.7 Å². The van der Waals surface area contributed by atoms with Crippen molar-refractivity contribution in [2.75, 3.05) is 5.32 Å². The maximum atomic E-state index is 11.8. The molecule has 2 heterocycles. The molecule has 0 aliphatic carbocycles. The van der Waals surface area contributed by atoms with Crippen molar-refractivity contribution in [1.29, 1.82) is 0 Å². The monoisotopic (exact) mass is 318 g/mol. The molecule has 2 aromatic rings. The third-order valence-electron chi connectivity index (χ3n) is 1.79. The minimum Gasteiger partial charge on any atom is -0.297 e. The lowest BCUT2D eigenvalue weighted by Crippen LogP contribution is -2.11. The Labute approximate surface area is 108 Å². The fraction of sp³-hybridized carbons (Fsp3) is 0.250. The summed E-state index contributed by atoms with van der Waals surface area (Å²) in [4.78, 5) is 16.4. The maximum absolute atomic E-state index is 11.8. The average molecular weight is 319 g/mol. The summed E-state index contributed by atoms with van der Waals surface area (Å²) in [5.74, 6) is -0.200. The van der Waals surface area contributed by atoms with E-state index >= 15 is 0 Å². The number of thiazole rings is 1. The van der Waals surface area contributed by atoms with Gasteiger partial charge in [0, 0.05) is 0 Å². The summed E-state index contributed by atoms with van der Waals surface area (Å²) in [6, 6.07) is 0. The van der Waals surface area contributed by atoms with Crippen molar-refractivity contribution in [3.63, 3.8) is 0 Å². The number of halogens is 1. The van der Waals surface area contributed by atoms with Crippen molar-refractivity contribution in [3.8, 4) is 0 Å². The number of carbonyl (C=O) groups excluding carboxylic acids is 1. The summed E-state index contributed by atoms with van der Waals surface area (Å²) in [6.07, 6.45) is 2.34. The molecule has 84 valence electrons. The van der Waals surface area contributed by atoms with E-state index in [2.05, 4.69) is 35.8 Å². The third kappa shape index (κ3) is 2.45. The minimum atomic E-state index is -0.200. The third-order valence-corrected chi connectivity index (χ3v) is 3.95. The predicted molar refractivity (Wildman–Crippen MR) is 67.1 cm³/mol. The molecule has 1 N–H and O–H groups in total. The number of nitrogens with one attached hydrogen (secondary N) is 1. The van der Waals surface area contributed by atoms with E-state index in [0.29, 0.717) is 16.4 Å². The van der Waals surface area contributed by atoms with Gasteiger partial charge in [0.1, 0.15) is 4.88 Å². The van der Waals surface area contributed by atoms with Gasteiger partial charge in [-0.15, -0.1) is 5.10 Å². The molecule has 0 aromatic carbocycles. The van der Waals surface area contributed by atoms with Crippen LogP contribution >= 0.6 is 38.8 Å². The molecular weight excluding hydrogens is 312 g/mol. The van der Waals surface area contributed by atoms with Gasteiger partial charge in [-0.3, -0.25) is 10.1 Å². The molecular formula is C8H7BrN4OS2. The number of aryl methyl sites for hydroxylation is 1. The topological polar surface area (TPSA) is 67.8 Å². The SMILES string of the molecule is CCc1nnsc1C(=O)Nc1ncc(Br)s1. The van der Waals surface area contributed by atoms with E-state index in [1.807, 2.05) is 6.92 Å². The summed E-state index contributed by atoms with van der Waals surface area (Å²) in [5, 5.41) is 7.16. The zero-order valence-corrected chi connectivity index (χ0v) is 11.4. The van der Waals surface area contributed by atoms with Crippen LogP contribution in [0.1, 0.15) is 22.3 Å². The second-order valence-corrected chi connectivity index (χ2v) is 5.99. The first-order chi connectivity index (χ1) is 7.70. The Morgan fingerprint density at radius 1 is 1.62 bits per heavy atom. The zero-order chi connectivity index (χ0) is 11.5. The molecule has 0 bridgehead atoms. The lowest BCUT2D eigenvalue weighted by atomic mass is 10.3. The van der Waals surface area contributed by atoms with Crippen molar-refractivity contribution >= 4 is 49.8 Å². The summed E-state index contributed by atoms with van der Waals surface area (Å²) in [5.41, 5.74) is 0.720. The molecule has 1 amide bonds. The fourth-order valence-electron chi connectivity index (χ4n) is 1.08. The molecule has 0 atom stereocenters. The number of anilines is 1. The van der Waals surface area contributed by atoms with Crippen molar-refractivity contribution in [2.24, 2.45) is 0 Å². The van der Waals surface area contributed by atoms with Crippen LogP contribution < -0.4 is 5.32 Å². The van der Waals surface area contributed by atoms with Crippen LogP contribution in [-0.2, 0) is 6.42 Å². The highest BCUT2D eigenvalue weighted by Crippen LogP contribution is 2.24. The number of rotatable bonds is 3. The van der Waals surface area contributed by atoms with Crippen molar-refractivity contribution in [3.05, 3.63) is 20.6 Å². The first kappa shape index (κ1) is 11.6. The molecule has 0 spiro atoms. The van der Waals surface area contributed by atoms with Crippen LogP contribution in [0.15, 0.2) is 9.98 Å². The van der Waals surface area contributed by atoms with Crippen LogP contribution in [0, 0.1) is 0 Å². The van der Waals surface area contributed by atoms with E-state index in [9.17, 15) is 4.79 Å². The van der Waals surface area contributed by atoms with Gasteiger partial charge in [-0.2, -0.15) is 0 Å². The van der Waals surface area contributed by atoms with Gasteiger partial charge >= 0.3 is 0 Å². The molecule has 2 rings (SSSR count). The smallest absolute Gasteiger partial charge is 0.271 e. The van der Waals surface area contributed by atoms with Crippen LogP contribution in [0.5, 0.6) is 0 Å². The Balaban J connectivity index is 2.14. The van der Waals surface area contributed by atoms with Crippen LogP contribution in [0.4, 0.5) is 5.13 Å². The Morgan fingerprint density at radius 3 is 3.06 bits per heavy atom. The van der Waals surface area contributed by atoms with Crippen molar-refractivity contribution in [1.82, 2.24) is 14.6 Å². The van der Waals surface area contributed by atoms with Gasteiger partial charge in [0.2, 0.25) is 0 Å².